The maximum Gasteiger partial charge on any atom is 0.0791 e. The smallest absolute Gasteiger partial charge is 0.0791 e. The molecule has 146 valence electrons. The molecule has 0 radical (unpaired) electrons. The van der Waals surface area contributed by atoms with Gasteiger partial charge in [-0.3, -0.25) is 0 Å². The SMILES string of the molecule is c1ccc(-c2nc3c(cc4ccc5cccc6ccc3c4c56)c3c2C2CCC3C2)cc1. The molecule has 1 heteroatoms. The van der Waals surface area contributed by atoms with Crippen molar-refractivity contribution in [2.24, 2.45) is 0 Å². The molecule has 2 aliphatic rings. The van der Waals surface area contributed by atoms with E-state index in [2.05, 4.69) is 78.9 Å². The predicted molar refractivity (Wildman–Crippen MR) is 130 cm³/mol. The van der Waals surface area contributed by atoms with Gasteiger partial charge < -0.3 is 0 Å². The Bertz CT molecular complexity index is 1650. The largest absolute Gasteiger partial charge is 0.247 e. The number of benzene rings is 5. The van der Waals surface area contributed by atoms with Crippen LogP contribution in [0.4, 0.5) is 0 Å². The van der Waals surface area contributed by atoms with Crippen LogP contribution in [0.15, 0.2) is 78.9 Å². The van der Waals surface area contributed by atoms with E-state index in [9.17, 15) is 0 Å². The molecule has 0 N–H and O–H groups in total. The zero-order valence-electron chi connectivity index (χ0n) is 17.2. The maximum absolute atomic E-state index is 5.44. The van der Waals surface area contributed by atoms with Crippen molar-refractivity contribution in [2.45, 2.75) is 31.1 Å². The minimum Gasteiger partial charge on any atom is -0.247 e. The highest BCUT2D eigenvalue weighted by Crippen LogP contribution is 2.58. The Hall–Kier alpha value is -3.45. The second-order valence-electron chi connectivity index (χ2n) is 9.49. The number of aromatic nitrogens is 1. The van der Waals surface area contributed by atoms with E-state index in [4.69, 9.17) is 4.98 Å². The molecule has 1 nitrogen and oxygen atoms in total. The van der Waals surface area contributed by atoms with Gasteiger partial charge in [0.15, 0.2) is 0 Å². The van der Waals surface area contributed by atoms with Gasteiger partial charge in [-0.1, -0.05) is 72.8 Å². The summed E-state index contributed by atoms with van der Waals surface area (Å²) in [7, 11) is 0. The quantitative estimate of drug-likeness (QED) is 0.202. The average Bonchev–Trinajstić information content (AvgIpc) is 3.45. The predicted octanol–water partition coefficient (Wildman–Crippen LogP) is 8.16. The molecule has 1 heterocycles. The van der Waals surface area contributed by atoms with Crippen molar-refractivity contribution in [3.05, 3.63) is 90.0 Å². The van der Waals surface area contributed by atoms with Gasteiger partial charge in [0.2, 0.25) is 0 Å². The summed E-state index contributed by atoms with van der Waals surface area (Å²) in [6, 6.07) is 29.1. The lowest BCUT2D eigenvalue weighted by atomic mass is 9.84. The summed E-state index contributed by atoms with van der Waals surface area (Å²) in [4.78, 5) is 5.44. The van der Waals surface area contributed by atoms with Crippen LogP contribution < -0.4 is 0 Å². The highest BCUT2D eigenvalue weighted by molar-refractivity contribution is 6.28. The van der Waals surface area contributed by atoms with Crippen LogP contribution in [0.3, 0.4) is 0 Å². The Morgan fingerprint density at radius 3 is 2.19 bits per heavy atom. The van der Waals surface area contributed by atoms with Crippen molar-refractivity contribution in [3.63, 3.8) is 0 Å². The number of pyridine rings is 1. The van der Waals surface area contributed by atoms with E-state index in [1.54, 1.807) is 11.1 Å². The van der Waals surface area contributed by atoms with Crippen molar-refractivity contribution in [2.75, 3.05) is 0 Å². The topological polar surface area (TPSA) is 12.9 Å². The van der Waals surface area contributed by atoms with E-state index in [1.165, 1.54) is 73.7 Å². The molecule has 31 heavy (non-hydrogen) atoms. The molecule has 8 rings (SSSR count). The van der Waals surface area contributed by atoms with Gasteiger partial charge in [-0.2, -0.15) is 0 Å². The highest BCUT2D eigenvalue weighted by atomic mass is 14.7. The Morgan fingerprint density at radius 2 is 1.35 bits per heavy atom. The fraction of sp³-hybridized carbons (Fsp3) is 0.167. The zero-order valence-corrected chi connectivity index (χ0v) is 17.2. The minimum absolute atomic E-state index is 0.679. The molecular formula is C30H21N. The van der Waals surface area contributed by atoms with Crippen LogP contribution >= 0.6 is 0 Å². The second kappa shape index (κ2) is 5.62. The number of rotatable bonds is 1. The van der Waals surface area contributed by atoms with Gasteiger partial charge in [0.25, 0.3) is 0 Å². The van der Waals surface area contributed by atoms with Gasteiger partial charge in [-0.25, -0.2) is 4.98 Å². The third kappa shape index (κ3) is 2.00. The summed E-state index contributed by atoms with van der Waals surface area (Å²) < 4.78 is 0. The van der Waals surface area contributed by atoms with Crippen LogP contribution in [0.5, 0.6) is 0 Å². The van der Waals surface area contributed by atoms with E-state index < -0.39 is 0 Å². The fourth-order valence-electron chi connectivity index (χ4n) is 6.74. The van der Waals surface area contributed by atoms with Gasteiger partial charge in [-0.15, -0.1) is 0 Å². The number of hydrogen-bond acceptors (Lipinski definition) is 1. The van der Waals surface area contributed by atoms with E-state index in [-0.39, 0.29) is 0 Å². The molecular weight excluding hydrogens is 374 g/mol. The minimum atomic E-state index is 0.679. The monoisotopic (exact) mass is 395 g/mol. The molecule has 0 saturated heterocycles. The van der Waals surface area contributed by atoms with Gasteiger partial charge in [-0.05, 0) is 75.2 Å². The van der Waals surface area contributed by atoms with E-state index in [1.807, 2.05) is 0 Å². The normalized spacial score (nSPS) is 19.9. The van der Waals surface area contributed by atoms with Crippen molar-refractivity contribution >= 4 is 43.2 Å². The molecule has 2 atom stereocenters. The van der Waals surface area contributed by atoms with E-state index in [0.29, 0.717) is 11.8 Å². The standard InChI is InChI=1S/C30H21N/c1-2-5-19(6-3-1)29-28-21-12-11-20(15-21)27(28)24-16-22-10-9-17-7-4-8-18-13-14-23(30(24)31-29)26(22)25(17)18/h1-10,13-14,16,20-21H,11-12,15H2. The maximum atomic E-state index is 5.44. The Morgan fingerprint density at radius 1 is 0.613 bits per heavy atom. The van der Waals surface area contributed by atoms with Crippen molar-refractivity contribution in [3.8, 4) is 11.3 Å². The molecule has 0 spiro atoms. The molecule has 1 fully saturated rings. The summed E-state index contributed by atoms with van der Waals surface area (Å²) in [5.41, 5.74) is 6.83. The van der Waals surface area contributed by atoms with Crippen LogP contribution in [0.25, 0.3) is 54.5 Å². The molecule has 1 saturated carbocycles. The van der Waals surface area contributed by atoms with Crippen LogP contribution in [0, 0.1) is 0 Å². The van der Waals surface area contributed by atoms with Gasteiger partial charge in [0.05, 0.1) is 11.2 Å². The van der Waals surface area contributed by atoms with Crippen LogP contribution in [0.1, 0.15) is 42.2 Å². The third-order valence-electron chi connectivity index (χ3n) is 7.97. The van der Waals surface area contributed by atoms with Crippen LogP contribution in [-0.4, -0.2) is 4.98 Å². The molecule has 1 aromatic heterocycles. The second-order valence-corrected chi connectivity index (χ2v) is 9.49. The molecule has 6 aromatic rings. The zero-order chi connectivity index (χ0) is 20.1. The van der Waals surface area contributed by atoms with E-state index in [0.717, 1.165) is 0 Å². The van der Waals surface area contributed by atoms with Gasteiger partial charge in [0, 0.05) is 16.3 Å². The fourth-order valence-corrected chi connectivity index (χ4v) is 6.74. The van der Waals surface area contributed by atoms with E-state index >= 15 is 0 Å². The molecule has 2 unspecified atom stereocenters. The number of fused-ring (bicyclic) bond motifs is 8. The van der Waals surface area contributed by atoms with Gasteiger partial charge in [0.1, 0.15) is 0 Å². The lowest BCUT2D eigenvalue weighted by Crippen LogP contribution is -2.04. The van der Waals surface area contributed by atoms with Crippen molar-refractivity contribution in [1.82, 2.24) is 4.98 Å². The molecule has 5 aromatic carbocycles. The number of hydrogen-bond donors (Lipinski definition) is 0. The lowest BCUT2D eigenvalue weighted by molar-refractivity contribution is 0.720. The first-order chi connectivity index (χ1) is 15.4. The van der Waals surface area contributed by atoms with Crippen LogP contribution in [-0.2, 0) is 0 Å². The Kier molecular flexibility index (Phi) is 2.95. The Balaban J connectivity index is 1.61. The molecule has 0 amide bonds. The molecule has 2 bridgehead atoms. The first-order valence-electron chi connectivity index (χ1n) is 11.5. The molecule has 0 aliphatic heterocycles. The third-order valence-corrected chi connectivity index (χ3v) is 7.97. The summed E-state index contributed by atoms with van der Waals surface area (Å²) >= 11 is 0. The summed E-state index contributed by atoms with van der Waals surface area (Å²) in [5.74, 6) is 1.37. The number of nitrogens with zero attached hydrogens (tertiary/aromatic N) is 1. The first kappa shape index (κ1) is 16.3. The van der Waals surface area contributed by atoms with Gasteiger partial charge >= 0.3 is 0 Å². The lowest BCUT2D eigenvalue weighted by Gasteiger charge is -2.22. The summed E-state index contributed by atoms with van der Waals surface area (Å²) in [5, 5.41) is 9.44. The van der Waals surface area contributed by atoms with Crippen molar-refractivity contribution < 1.29 is 0 Å². The highest BCUT2D eigenvalue weighted by Gasteiger charge is 2.40. The van der Waals surface area contributed by atoms with Crippen molar-refractivity contribution in [1.29, 1.82) is 0 Å². The summed E-state index contributed by atoms with van der Waals surface area (Å²) in [6.07, 6.45) is 3.95. The molecule has 2 aliphatic carbocycles. The van der Waals surface area contributed by atoms with Crippen LogP contribution in [0.2, 0.25) is 0 Å². The summed E-state index contributed by atoms with van der Waals surface area (Å²) in [6.45, 7) is 0. The Labute approximate surface area is 180 Å². The average molecular weight is 396 g/mol. The first-order valence-corrected chi connectivity index (χ1v) is 11.5.